The second kappa shape index (κ2) is 22.7. The second-order valence-electron chi connectivity index (χ2n) is 15.5. The van der Waals surface area contributed by atoms with Gasteiger partial charge in [0.1, 0.15) is 0 Å². The first kappa shape index (κ1) is 46.2. The molecule has 2 aliphatic carbocycles. The maximum Gasteiger partial charge on any atom is 0.258 e. The van der Waals surface area contributed by atoms with Crippen LogP contribution in [0.25, 0.3) is 45.7 Å². The van der Waals surface area contributed by atoms with Gasteiger partial charge in [-0.3, -0.25) is 0 Å². The minimum absolute atomic E-state index is 0.131. The van der Waals surface area contributed by atoms with Crippen LogP contribution in [0.5, 0.6) is 23.0 Å². The monoisotopic (exact) mass is 873 g/mol. The first-order valence-corrected chi connectivity index (χ1v) is 22.9. The van der Waals surface area contributed by atoms with E-state index in [1.54, 1.807) is 0 Å². The van der Waals surface area contributed by atoms with Gasteiger partial charge < -0.3 is 48.6 Å². The lowest BCUT2D eigenvalue weighted by Crippen LogP contribution is -2.33. The third-order valence-electron chi connectivity index (χ3n) is 11.7. The van der Waals surface area contributed by atoms with Crippen molar-refractivity contribution in [1.82, 2.24) is 35.8 Å². The lowest BCUT2D eigenvalue weighted by atomic mass is 10.0. The van der Waals surface area contributed by atoms with Gasteiger partial charge in [-0.2, -0.15) is 9.97 Å². The molecule has 0 amide bonds. The van der Waals surface area contributed by atoms with Gasteiger partial charge in [-0.25, -0.2) is 0 Å². The Labute approximate surface area is 376 Å². The molecule has 14 nitrogen and oxygen atoms in total. The number of aliphatic hydroxyl groups is 1. The fraction of sp³-hybridized carbons (Fsp3) is 0.440. The number of likely N-dealkylation sites (N-methyl/N-ethyl adjacent to an activating group) is 1. The number of aliphatic hydroxyl groups excluding tert-OH is 1. The molecule has 0 radical (unpaired) electrons. The molecule has 2 aliphatic rings. The molecule has 0 spiro atoms. The maximum absolute atomic E-state index is 9.11. The van der Waals surface area contributed by atoms with Crippen molar-refractivity contribution in [3.05, 3.63) is 95.1 Å². The zero-order chi connectivity index (χ0) is 44.8. The van der Waals surface area contributed by atoms with Crippen molar-refractivity contribution in [3.8, 4) is 68.7 Å². The number of aromatic nitrogens is 4. The Morgan fingerprint density at radius 3 is 1.48 bits per heavy atom. The van der Waals surface area contributed by atoms with Crippen LogP contribution >= 0.6 is 0 Å². The fourth-order valence-corrected chi connectivity index (χ4v) is 8.60. The number of ether oxygens (including phenoxy) is 4. The molecule has 0 fully saturated rings. The molecular weight excluding hydrogens is 811 g/mol. The van der Waals surface area contributed by atoms with E-state index in [0.29, 0.717) is 85.4 Å². The lowest BCUT2D eigenvalue weighted by molar-refractivity contribution is 0.284. The quantitative estimate of drug-likeness (QED) is 0.0629. The Morgan fingerprint density at radius 1 is 0.594 bits per heavy atom. The smallest absolute Gasteiger partial charge is 0.258 e. The summed E-state index contributed by atoms with van der Waals surface area (Å²) in [7, 11) is 0. The molecule has 0 saturated heterocycles. The summed E-state index contributed by atoms with van der Waals surface area (Å²) >= 11 is 0. The summed E-state index contributed by atoms with van der Waals surface area (Å²) in [4.78, 5) is 11.8. The van der Waals surface area contributed by atoms with E-state index in [4.69, 9.17) is 38.1 Å². The number of fused-ring (bicyclic) bond motifs is 2. The highest BCUT2D eigenvalue weighted by molar-refractivity contribution is 5.68. The largest absolute Gasteiger partial charge is 0.490 e. The van der Waals surface area contributed by atoms with E-state index < -0.39 is 0 Å². The molecule has 64 heavy (non-hydrogen) atoms. The average Bonchev–Trinajstić information content (AvgIpc) is 4.16. The normalized spacial score (nSPS) is 15.1. The SMILES string of the molecule is CCOc1ccc(-c2nc(-c3cccc4c3CCC4NCCN(CC)CC)no2)cc1OCC.CCOc1ccc(-c2nc(-c3cccc4c3CCC4NCCO)no2)cc1OCC. The first-order valence-electron chi connectivity index (χ1n) is 22.9. The van der Waals surface area contributed by atoms with Crippen LogP contribution in [-0.4, -0.2) is 96.0 Å². The van der Waals surface area contributed by atoms with Gasteiger partial charge in [0.2, 0.25) is 11.6 Å². The van der Waals surface area contributed by atoms with Crippen LogP contribution in [0.2, 0.25) is 0 Å². The molecule has 14 heteroatoms. The van der Waals surface area contributed by atoms with Crippen LogP contribution in [0.1, 0.15) is 88.7 Å². The Hall–Kier alpha value is -5.80. The zero-order valence-corrected chi connectivity index (χ0v) is 38.1. The molecule has 0 saturated carbocycles. The van der Waals surface area contributed by atoms with Crippen LogP contribution in [0.4, 0.5) is 0 Å². The van der Waals surface area contributed by atoms with Gasteiger partial charge in [-0.05, 0) is 125 Å². The minimum Gasteiger partial charge on any atom is -0.490 e. The standard InChI is InChI=1S/C27H36N4O3.C23H27N3O4/c1-5-31(6-2)17-16-28-23-14-13-20-21(23)10-9-11-22(20)26-29-27(34-30-26)19-12-15-24(32-7-3)25(18-19)33-8-4;1-3-28-20-11-8-15(14-21(20)29-4-2)23-25-22(26-30-23)18-7-5-6-17-16(18)9-10-19(17)24-12-13-27/h9-12,15,18,23,28H,5-8,13-14,16-17H2,1-4H3;5-8,11,14,19,24,27H,3-4,9-10,12-13H2,1-2H3. The molecule has 2 aromatic heterocycles. The minimum atomic E-state index is 0.131. The van der Waals surface area contributed by atoms with Crippen molar-refractivity contribution in [3.63, 3.8) is 0 Å². The van der Waals surface area contributed by atoms with Crippen molar-refractivity contribution in [2.24, 2.45) is 0 Å². The molecule has 0 bridgehead atoms. The Morgan fingerprint density at radius 2 is 1.05 bits per heavy atom. The predicted molar refractivity (Wildman–Crippen MR) is 248 cm³/mol. The van der Waals surface area contributed by atoms with E-state index in [9.17, 15) is 0 Å². The van der Waals surface area contributed by atoms with Crippen LogP contribution in [0.15, 0.2) is 81.8 Å². The molecule has 6 aromatic rings. The molecule has 8 rings (SSSR count). The van der Waals surface area contributed by atoms with E-state index in [-0.39, 0.29) is 12.6 Å². The number of hydrogen-bond acceptors (Lipinski definition) is 14. The van der Waals surface area contributed by atoms with Gasteiger partial charge in [-0.15, -0.1) is 0 Å². The van der Waals surface area contributed by atoms with Gasteiger partial charge in [0.25, 0.3) is 11.8 Å². The van der Waals surface area contributed by atoms with Gasteiger partial charge >= 0.3 is 0 Å². The van der Waals surface area contributed by atoms with Crippen molar-refractivity contribution >= 4 is 0 Å². The van der Waals surface area contributed by atoms with Crippen LogP contribution in [-0.2, 0) is 12.8 Å². The Bertz CT molecular complexity index is 2410. The van der Waals surface area contributed by atoms with E-state index >= 15 is 0 Å². The number of hydrogen-bond donors (Lipinski definition) is 3. The summed E-state index contributed by atoms with van der Waals surface area (Å²) < 4.78 is 34.0. The summed E-state index contributed by atoms with van der Waals surface area (Å²) in [6.07, 6.45) is 4.03. The fourth-order valence-electron chi connectivity index (χ4n) is 8.60. The second-order valence-corrected chi connectivity index (χ2v) is 15.5. The molecular formula is C50H63N7O7. The van der Waals surface area contributed by atoms with E-state index in [1.165, 1.54) is 22.3 Å². The molecule has 2 heterocycles. The van der Waals surface area contributed by atoms with E-state index in [2.05, 4.69) is 68.9 Å². The highest BCUT2D eigenvalue weighted by Gasteiger charge is 2.28. The predicted octanol–water partition coefficient (Wildman–Crippen LogP) is 8.89. The van der Waals surface area contributed by atoms with Crippen molar-refractivity contribution in [2.75, 3.05) is 65.8 Å². The molecule has 2 unspecified atom stereocenters. The number of nitrogens with zero attached hydrogens (tertiary/aromatic N) is 5. The highest BCUT2D eigenvalue weighted by Crippen LogP contribution is 2.40. The first-order chi connectivity index (χ1) is 31.4. The summed E-state index contributed by atoms with van der Waals surface area (Å²) in [6.45, 7) is 19.4. The lowest BCUT2D eigenvalue weighted by Gasteiger charge is -2.20. The van der Waals surface area contributed by atoms with E-state index in [0.717, 1.165) is 74.1 Å². The molecule has 4 aromatic carbocycles. The van der Waals surface area contributed by atoms with Gasteiger partial charge in [0.05, 0.1) is 33.0 Å². The van der Waals surface area contributed by atoms with Crippen molar-refractivity contribution in [1.29, 1.82) is 0 Å². The molecule has 3 N–H and O–H groups in total. The third kappa shape index (κ3) is 10.8. The number of rotatable bonds is 21. The molecule has 2 atom stereocenters. The topological polar surface area (TPSA) is 162 Å². The Kier molecular flexibility index (Phi) is 16.4. The number of nitrogens with one attached hydrogen (secondary N) is 2. The van der Waals surface area contributed by atoms with Gasteiger partial charge in [0.15, 0.2) is 23.0 Å². The molecule has 0 aliphatic heterocycles. The van der Waals surface area contributed by atoms with Crippen molar-refractivity contribution in [2.45, 2.75) is 79.3 Å². The van der Waals surface area contributed by atoms with Gasteiger partial charge in [-0.1, -0.05) is 60.6 Å². The molecule has 340 valence electrons. The van der Waals surface area contributed by atoms with Crippen molar-refractivity contribution < 1.29 is 33.1 Å². The van der Waals surface area contributed by atoms with Crippen LogP contribution in [0, 0.1) is 0 Å². The third-order valence-corrected chi connectivity index (χ3v) is 11.7. The average molecular weight is 874 g/mol. The zero-order valence-electron chi connectivity index (χ0n) is 38.1. The van der Waals surface area contributed by atoms with Crippen LogP contribution < -0.4 is 29.6 Å². The summed E-state index contributed by atoms with van der Waals surface area (Å²) in [6, 6.07) is 24.6. The van der Waals surface area contributed by atoms with Gasteiger partial charge in [0, 0.05) is 54.0 Å². The number of benzene rings is 4. The summed E-state index contributed by atoms with van der Waals surface area (Å²) in [5, 5.41) is 24.8. The highest BCUT2D eigenvalue weighted by atomic mass is 16.5. The Balaban J connectivity index is 0.000000193. The summed E-state index contributed by atoms with van der Waals surface area (Å²) in [5.41, 5.74) is 8.79. The van der Waals surface area contributed by atoms with E-state index in [1.807, 2.05) is 76.2 Å². The van der Waals surface area contributed by atoms with Crippen LogP contribution in [0.3, 0.4) is 0 Å². The maximum atomic E-state index is 9.11. The summed E-state index contributed by atoms with van der Waals surface area (Å²) in [5.74, 6) is 4.89.